The Labute approximate surface area is 186 Å². The average molecular weight is 472 g/mol. The molecule has 9 heteroatoms. The summed E-state index contributed by atoms with van der Waals surface area (Å²) in [5.74, 6) is -0.332. The van der Waals surface area contributed by atoms with E-state index in [1.165, 1.54) is 4.31 Å². The Morgan fingerprint density at radius 1 is 1.03 bits per heavy atom. The highest BCUT2D eigenvalue weighted by atomic mass is 35.5. The summed E-state index contributed by atoms with van der Waals surface area (Å²) in [4.78, 5) is 12.6. The van der Waals surface area contributed by atoms with Crippen molar-refractivity contribution in [1.29, 1.82) is 0 Å². The van der Waals surface area contributed by atoms with E-state index in [2.05, 4.69) is 0 Å². The van der Waals surface area contributed by atoms with Crippen molar-refractivity contribution in [3.05, 3.63) is 58.1 Å². The minimum Gasteiger partial charge on any atom is -0.487 e. The summed E-state index contributed by atoms with van der Waals surface area (Å²) >= 11 is 12.0. The highest BCUT2D eigenvalue weighted by Gasteiger charge is 2.32. The van der Waals surface area contributed by atoms with Crippen molar-refractivity contribution in [1.82, 2.24) is 4.31 Å². The van der Waals surface area contributed by atoms with E-state index in [-0.39, 0.29) is 43.1 Å². The van der Waals surface area contributed by atoms with Crippen LogP contribution >= 0.6 is 23.2 Å². The predicted molar refractivity (Wildman–Crippen MR) is 116 cm³/mol. The molecule has 0 atom stereocenters. The molecule has 1 fully saturated rings. The number of aryl methyl sites for hydroxylation is 1. The second-order valence-corrected chi connectivity index (χ2v) is 9.81. The molecule has 1 aliphatic rings. The van der Waals surface area contributed by atoms with Crippen LogP contribution in [0.3, 0.4) is 0 Å². The number of ether oxygens (including phenoxy) is 2. The largest absolute Gasteiger partial charge is 0.487 e. The van der Waals surface area contributed by atoms with E-state index >= 15 is 0 Å². The van der Waals surface area contributed by atoms with Gasteiger partial charge in [-0.15, -0.1) is 0 Å². The number of carbonyl (C=O) groups is 1. The van der Waals surface area contributed by atoms with Gasteiger partial charge in [0.05, 0.1) is 20.9 Å². The molecule has 0 N–H and O–H groups in total. The van der Waals surface area contributed by atoms with Crippen LogP contribution in [0.25, 0.3) is 0 Å². The Bertz CT molecular complexity index is 967. The van der Waals surface area contributed by atoms with Crippen molar-refractivity contribution in [2.24, 2.45) is 5.92 Å². The average Bonchev–Trinajstić information content (AvgIpc) is 2.73. The minimum atomic E-state index is -3.55. The number of carbonyl (C=O) groups excluding carboxylic acids is 1. The Kier molecular flexibility index (Phi) is 7.63. The van der Waals surface area contributed by atoms with E-state index < -0.39 is 10.0 Å². The van der Waals surface area contributed by atoms with Gasteiger partial charge >= 0.3 is 5.97 Å². The minimum absolute atomic E-state index is 0.0578. The van der Waals surface area contributed by atoms with Gasteiger partial charge in [-0.1, -0.05) is 47.0 Å². The van der Waals surface area contributed by atoms with Gasteiger partial charge in [-0.25, -0.2) is 8.42 Å². The molecule has 0 aliphatic carbocycles. The van der Waals surface area contributed by atoms with Crippen LogP contribution in [0.4, 0.5) is 0 Å². The Morgan fingerprint density at radius 2 is 1.63 bits per heavy atom. The lowest BCUT2D eigenvalue weighted by Gasteiger charge is -2.30. The van der Waals surface area contributed by atoms with Gasteiger partial charge in [0.25, 0.3) is 0 Å². The van der Waals surface area contributed by atoms with Gasteiger partial charge in [-0.3, -0.25) is 4.79 Å². The van der Waals surface area contributed by atoms with Gasteiger partial charge in [0.1, 0.15) is 13.2 Å². The summed E-state index contributed by atoms with van der Waals surface area (Å²) in [6.07, 6.45) is 0.836. The molecule has 0 spiro atoms. The van der Waals surface area contributed by atoms with Crippen LogP contribution in [0.1, 0.15) is 18.4 Å². The van der Waals surface area contributed by atoms with Crippen molar-refractivity contribution in [2.45, 2.75) is 24.7 Å². The van der Waals surface area contributed by atoms with Crippen molar-refractivity contribution < 1.29 is 22.7 Å². The van der Waals surface area contributed by atoms with Crippen LogP contribution in [-0.4, -0.2) is 45.0 Å². The lowest BCUT2D eigenvalue weighted by Crippen LogP contribution is -2.40. The molecule has 0 saturated carbocycles. The van der Waals surface area contributed by atoms with E-state index in [9.17, 15) is 13.2 Å². The second kappa shape index (κ2) is 10.0. The first-order valence-corrected chi connectivity index (χ1v) is 11.8. The normalized spacial score (nSPS) is 15.7. The molecule has 0 amide bonds. The third kappa shape index (κ3) is 5.46. The SMILES string of the molecule is Cc1ccc(S(=O)(=O)N2CCC(C(=O)OCCOc3c(Cl)cccc3Cl)CC2)cc1. The fourth-order valence-electron chi connectivity index (χ4n) is 3.22. The standard InChI is InChI=1S/C21H23Cl2NO5S/c1-15-5-7-17(8-6-15)30(26,27)24-11-9-16(10-12-24)21(25)29-14-13-28-20-18(22)3-2-4-19(20)23/h2-8,16H,9-14H2,1H3. The summed E-state index contributed by atoms with van der Waals surface area (Å²) in [6.45, 7) is 2.64. The van der Waals surface area contributed by atoms with Crippen LogP contribution in [-0.2, 0) is 19.6 Å². The fraction of sp³-hybridized carbons (Fsp3) is 0.381. The van der Waals surface area contributed by atoms with Crippen LogP contribution in [0.15, 0.2) is 47.4 Å². The molecule has 0 aromatic heterocycles. The maximum atomic E-state index is 12.7. The second-order valence-electron chi connectivity index (χ2n) is 7.06. The zero-order chi connectivity index (χ0) is 21.7. The number of esters is 1. The van der Waals surface area contributed by atoms with Crippen molar-refractivity contribution in [3.63, 3.8) is 0 Å². The van der Waals surface area contributed by atoms with E-state index in [0.717, 1.165) is 5.56 Å². The number of sulfonamides is 1. The third-order valence-electron chi connectivity index (χ3n) is 4.94. The van der Waals surface area contributed by atoms with Gasteiger partial charge in [0, 0.05) is 13.1 Å². The maximum absolute atomic E-state index is 12.7. The number of piperidine rings is 1. The first kappa shape index (κ1) is 22.9. The van der Waals surface area contributed by atoms with Crippen molar-refractivity contribution in [3.8, 4) is 5.75 Å². The first-order chi connectivity index (χ1) is 14.3. The molecule has 30 heavy (non-hydrogen) atoms. The quantitative estimate of drug-likeness (QED) is 0.443. The van der Waals surface area contributed by atoms with E-state index in [1.54, 1.807) is 42.5 Å². The molecule has 3 rings (SSSR count). The molecule has 0 unspecified atom stereocenters. The molecule has 2 aromatic rings. The predicted octanol–water partition coefficient (Wildman–Crippen LogP) is 4.32. The van der Waals surface area contributed by atoms with Gasteiger partial charge < -0.3 is 9.47 Å². The van der Waals surface area contributed by atoms with Crippen LogP contribution < -0.4 is 4.74 Å². The topological polar surface area (TPSA) is 72.9 Å². The highest BCUT2D eigenvalue weighted by Crippen LogP contribution is 2.32. The number of benzene rings is 2. The molecule has 1 aliphatic heterocycles. The van der Waals surface area contributed by atoms with Crippen LogP contribution in [0, 0.1) is 12.8 Å². The summed E-state index contributed by atoms with van der Waals surface area (Å²) in [5.41, 5.74) is 0.996. The number of para-hydroxylation sites is 1. The summed E-state index contributed by atoms with van der Waals surface area (Å²) in [5, 5.41) is 0.770. The van der Waals surface area contributed by atoms with Gasteiger partial charge in [0.2, 0.25) is 10.0 Å². The molecule has 0 radical (unpaired) electrons. The number of halogens is 2. The molecule has 162 valence electrons. The maximum Gasteiger partial charge on any atom is 0.309 e. The van der Waals surface area contributed by atoms with Crippen molar-refractivity contribution >= 4 is 39.2 Å². The van der Waals surface area contributed by atoms with Crippen molar-refractivity contribution in [2.75, 3.05) is 26.3 Å². The van der Waals surface area contributed by atoms with E-state index in [1.807, 2.05) is 6.92 Å². The monoisotopic (exact) mass is 471 g/mol. The summed E-state index contributed by atoms with van der Waals surface area (Å²) in [7, 11) is -3.55. The Morgan fingerprint density at radius 3 is 2.23 bits per heavy atom. The number of nitrogens with zero attached hydrogens (tertiary/aromatic N) is 1. The van der Waals surface area contributed by atoms with Crippen LogP contribution in [0.5, 0.6) is 5.75 Å². The summed E-state index contributed by atoms with van der Waals surface area (Å²) in [6, 6.07) is 11.8. The third-order valence-corrected chi connectivity index (χ3v) is 7.45. The fourth-order valence-corrected chi connectivity index (χ4v) is 5.19. The first-order valence-electron chi connectivity index (χ1n) is 9.59. The summed E-state index contributed by atoms with van der Waals surface area (Å²) < 4.78 is 37.7. The van der Waals surface area contributed by atoms with E-state index in [4.69, 9.17) is 32.7 Å². The number of hydrogen-bond acceptors (Lipinski definition) is 5. The Balaban J connectivity index is 1.45. The molecule has 2 aromatic carbocycles. The van der Waals surface area contributed by atoms with Gasteiger partial charge in [0.15, 0.2) is 5.75 Å². The Hall–Kier alpha value is -1.80. The lowest BCUT2D eigenvalue weighted by molar-refractivity contribution is -0.150. The highest BCUT2D eigenvalue weighted by molar-refractivity contribution is 7.89. The number of hydrogen-bond donors (Lipinski definition) is 0. The smallest absolute Gasteiger partial charge is 0.309 e. The molecule has 1 heterocycles. The molecule has 1 saturated heterocycles. The van der Waals surface area contributed by atoms with Crippen LogP contribution in [0.2, 0.25) is 10.0 Å². The molecular weight excluding hydrogens is 449 g/mol. The molecule has 0 bridgehead atoms. The zero-order valence-electron chi connectivity index (χ0n) is 16.5. The van der Waals surface area contributed by atoms with Gasteiger partial charge in [-0.2, -0.15) is 4.31 Å². The number of rotatable bonds is 7. The molecular formula is C21H23Cl2NO5S. The van der Waals surface area contributed by atoms with E-state index in [0.29, 0.717) is 28.6 Å². The van der Waals surface area contributed by atoms with Gasteiger partial charge in [-0.05, 0) is 44.0 Å². The zero-order valence-corrected chi connectivity index (χ0v) is 18.8. The lowest BCUT2D eigenvalue weighted by atomic mass is 9.98. The molecule has 6 nitrogen and oxygen atoms in total.